The van der Waals surface area contributed by atoms with Crippen LogP contribution in [-0.2, 0) is 6.42 Å². The fourth-order valence-electron chi connectivity index (χ4n) is 2.51. The molecule has 1 aliphatic rings. The maximum absolute atomic E-state index is 12.2. The Kier molecular flexibility index (Phi) is 4.55. The third kappa shape index (κ3) is 3.95. The van der Waals surface area contributed by atoms with Crippen LogP contribution in [0.15, 0.2) is 30.6 Å². The number of carboxylic acid groups (broad SMARTS) is 1. The molecule has 24 heavy (non-hydrogen) atoms. The number of benzene rings is 1. The van der Waals surface area contributed by atoms with E-state index >= 15 is 0 Å². The second-order valence-electron chi connectivity index (χ2n) is 6.12. The SMILES string of the molecule is Cc1cc(C(=O)O)cc(C(=O)NCCc2cnc(C3CC3)nc2)c1. The van der Waals surface area contributed by atoms with Crippen molar-refractivity contribution in [2.75, 3.05) is 6.54 Å². The standard InChI is InChI=1S/C18H19N3O3/c1-11-6-14(8-15(7-11)18(23)24)17(22)19-5-4-12-9-20-16(21-10-12)13-2-3-13/h6-10,13H,2-5H2,1H3,(H,19,22)(H,23,24). The van der Waals surface area contributed by atoms with Gasteiger partial charge in [-0.1, -0.05) is 0 Å². The number of aromatic nitrogens is 2. The smallest absolute Gasteiger partial charge is 0.335 e. The van der Waals surface area contributed by atoms with Crippen molar-refractivity contribution in [2.45, 2.75) is 32.1 Å². The van der Waals surface area contributed by atoms with E-state index in [9.17, 15) is 9.59 Å². The molecule has 2 N–H and O–H groups in total. The number of nitrogens with one attached hydrogen (secondary N) is 1. The second kappa shape index (κ2) is 6.78. The van der Waals surface area contributed by atoms with Crippen molar-refractivity contribution in [3.8, 4) is 0 Å². The van der Waals surface area contributed by atoms with Crippen LogP contribution in [0.5, 0.6) is 0 Å². The zero-order valence-electron chi connectivity index (χ0n) is 13.5. The highest BCUT2D eigenvalue weighted by Crippen LogP contribution is 2.37. The molecule has 0 aliphatic heterocycles. The Bertz CT molecular complexity index is 768. The van der Waals surface area contributed by atoms with E-state index in [-0.39, 0.29) is 11.5 Å². The van der Waals surface area contributed by atoms with E-state index in [4.69, 9.17) is 5.11 Å². The summed E-state index contributed by atoms with van der Waals surface area (Å²) in [5, 5.41) is 11.9. The molecule has 1 fully saturated rings. The number of aromatic carboxylic acids is 1. The maximum atomic E-state index is 12.2. The molecular weight excluding hydrogens is 306 g/mol. The normalized spacial score (nSPS) is 13.5. The van der Waals surface area contributed by atoms with E-state index < -0.39 is 5.97 Å². The quantitative estimate of drug-likeness (QED) is 0.850. The summed E-state index contributed by atoms with van der Waals surface area (Å²) in [6, 6.07) is 4.60. The lowest BCUT2D eigenvalue weighted by atomic mass is 10.1. The van der Waals surface area contributed by atoms with Gasteiger partial charge in [0.1, 0.15) is 5.82 Å². The van der Waals surface area contributed by atoms with Gasteiger partial charge in [0.2, 0.25) is 0 Å². The predicted octanol–water partition coefficient (Wildman–Crippen LogP) is 2.33. The Morgan fingerprint density at radius 1 is 1.17 bits per heavy atom. The molecule has 0 spiro atoms. The molecule has 0 atom stereocenters. The van der Waals surface area contributed by atoms with Gasteiger partial charge in [0.15, 0.2) is 0 Å². The Balaban J connectivity index is 1.56. The van der Waals surface area contributed by atoms with Gasteiger partial charge < -0.3 is 10.4 Å². The van der Waals surface area contributed by atoms with Gasteiger partial charge in [-0.3, -0.25) is 4.79 Å². The Morgan fingerprint density at radius 2 is 1.83 bits per heavy atom. The van der Waals surface area contributed by atoms with Gasteiger partial charge in [-0.15, -0.1) is 0 Å². The van der Waals surface area contributed by atoms with E-state index in [1.54, 1.807) is 13.0 Å². The lowest BCUT2D eigenvalue weighted by molar-refractivity contribution is 0.0696. The lowest BCUT2D eigenvalue weighted by Crippen LogP contribution is -2.26. The number of carboxylic acids is 1. The van der Waals surface area contributed by atoms with Crippen molar-refractivity contribution in [3.63, 3.8) is 0 Å². The zero-order chi connectivity index (χ0) is 17.1. The van der Waals surface area contributed by atoms with E-state index in [2.05, 4.69) is 15.3 Å². The first-order valence-corrected chi connectivity index (χ1v) is 7.97. The predicted molar refractivity (Wildman–Crippen MR) is 88.2 cm³/mol. The number of hydrogen-bond donors (Lipinski definition) is 2. The molecule has 6 nitrogen and oxygen atoms in total. The van der Waals surface area contributed by atoms with Crippen LogP contribution < -0.4 is 5.32 Å². The van der Waals surface area contributed by atoms with Crippen molar-refractivity contribution in [1.29, 1.82) is 0 Å². The molecule has 0 unspecified atom stereocenters. The largest absolute Gasteiger partial charge is 0.478 e. The van der Waals surface area contributed by atoms with Crippen molar-refractivity contribution in [3.05, 3.63) is 58.7 Å². The minimum Gasteiger partial charge on any atom is -0.478 e. The summed E-state index contributed by atoms with van der Waals surface area (Å²) in [6.45, 7) is 2.21. The number of nitrogens with zero attached hydrogens (tertiary/aromatic N) is 2. The molecule has 1 amide bonds. The zero-order valence-corrected chi connectivity index (χ0v) is 13.5. The minimum absolute atomic E-state index is 0.115. The van der Waals surface area contributed by atoms with Gasteiger partial charge in [0.05, 0.1) is 5.56 Å². The lowest BCUT2D eigenvalue weighted by Gasteiger charge is -2.07. The molecule has 6 heteroatoms. The summed E-state index contributed by atoms with van der Waals surface area (Å²) in [7, 11) is 0. The van der Waals surface area contributed by atoms with Crippen molar-refractivity contribution in [2.24, 2.45) is 0 Å². The summed E-state index contributed by atoms with van der Waals surface area (Å²) >= 11 is 0. The molecule has 1 aromatic heterocycles. The van der Waals surface area contributed by atoms with Crippen LogP contribution in [0, 0.1) is 6.92 Å². The van der Waals surface area contributed by atoms with Gasteiger partial charge in [-0.2, -0.15) is 0 Å². The first kappa shape index (κ1) is 16.1. The van der Waals surface area contributed by atoms with Crippen LogP contribution >= 0.6 is 0 Å². The van der Waals surface area contributed by atoms with E-state index in [0.717, 1.165) is 17.0 Å². The summed E-state index contributed by atoms with van der Waals surface area (Å²) < 4.78 is 0. The Morgan fingerprint density at radius 3 is 2.46 bits per heavy atom. The molecule has 1 aliphatic carbocycles. The van der Waals surface area contributed by atoms with Crippen LogP contribution in [0.25, 0.3) is 0 Å². The van der Waals surface area contributed by atoms with Crippen LogP contribution in [0.1, 0.15) is 56.4 Å². The van der Waals surface area contributed by atoms with Gasteiger partial charge >= 0.3 is 5.97 Å². The fraction of sp³-hybridized carbons (Fsp3) is 0.333. The summed E-state index contributed by atoms with van der Waals surface area (Å²) in [5.74, 6) is 0.115. The Hall–Kier alpha value is -2.76. The van der Waals surface area contributed by atoms with Crippen LogP contribution in [0.4, 0.5) is 0 Å². The highest BCUT2D eigenvalue weighted by Gasteiger charge is 2.26. The molecular formula is C18H19N3O3. The average Bonchev–Trinajstić information content (AvgIpc) is 3.39. The van der Waals surface area contributed by atoms with Crippen LogP contribution in [0.3, 0.4) is 0 Å². The summed E-state index contributed by atoms with van der Waals surface area (Å²) in [6.07, 6.45) is 6.59. The highest BCUT2D eigenvalue weighted by molar-refractivity contribution is 5.97. The van der Waals surface area contributed by atoms with Crippen molar-refractivity contribution < 1.29 is 14.7 Å². The monoisotopic (exact) mass is 325 g/mol. The number of carbonyl (C=O) groups is 2. The van der Waals surface area contributed by atoms with E-state index in [0.29, 0.717) is 24.4 Å². The number of rotatable bonds is 6. The molecule has 0 radical (unpaired) electrons. The number of hydrogen-bond acceptors (Lipinski definition) is 4. The highest BCUT2D eigenvalue weighted by atomic mass is 16.4. The van der Waals surface area contributed by atoms with E-state index in [1.807, 2.05) is 12.4 Å². The number of aryl methyl sites for hydroxylation is 1. The van der Waals surface area contributed by atoms with Crippen molar-refractivity contribution >= 4 is 11.9 Å². The first-order chi connectivity index (χ1) is 11.5. The molecule has 1 saturated carbocycles. The first-order valence-electron chi connectivity index (χ1n) is 7.97. The molecule has 0 bridgehead atoms. The third-order valence-electron chi connectivity index (χ3n) is 3.95. The fourth-order valence-corrected chi connectivity index (χ4v) is 2.51. The molecule has 1 heterocycles. The minimum atomic E-state index is -1.04. The van der Waals surface area contributed by atoms with Gasteiger partial charge in [0, 0.05) is 30.4 Å². The van der Waals surface area contributed by atoms with Crippen molar-refractivity contribution in [1.82, 2.24) is 15.3 Å². The second-order valence-corrected chi connectivity index (χ2v) is 6.12. The number of carbonyl (C=O) groups excluding carboxylic acids is 1. The third-order valence-corrected chi connectivity index (χ3v) is 3.95. The average molecular weight is 325 g/mol. The summed E-state index contributed by atoms with van der Waals surface area (Å²) in [4.78, 5) is 31.9. The number of amides is 1. The van der Waals surface area contributed by atoms with Gasteiger partial charge in [-0.05, 0) is 55.5 Å². The Labute approximate surface area is 140 Å². The maximum Gasteiger partial charge on any atom is 0.335 e. The van der Waals surface area contributed by atoms with Gasteiger partial charge in [-0.25, -0.2) is 14.8 Å². The molecule has 2 aromatic rings. The van der Waals surface area contributed by atoms with Crippen LogP contribution in [-0.4, -0.2) is 33.5 Å². The molecule has 124 valence electrons. The molecule has 3 rings (SSSR count). The van der Waals surface area contributed by atoms with Gasteiger partial charge in [0.25, 0.3) is 5.91 Å². The summed E-state index contributed by atoms with van der Waals surface area (Å²) in [5.41, 5.74) is 2.18. The molecule has 1 aromatic carbocycles. The van der Waals surface area contributed by atoms with Crippen LogP contribution in [0.2, 0.25) is 0 Å². The van der Waals surface area contributed by atoms with E-state index in [1.165, 1.54) is 25.0 Å². The topological polar surface area (TPSA) is 92.2 Å². The molecule has 0 saturated heterocycles.